The molecule has 0 bridgehead atoms. The number of thiazole rings is 1. The molecule has 26 heavy (non-hydrogen) atoms. The number of carbonyl (C=O) groups excluding carboxylic acids is 1. The Balaban J connectivity index is 1.46. The average molecular weight is 369 g/mol. The third kappa shape index (κ3) is 4.95. The number of hydrogen-bond donors (Lipinski definition) is 1. The number of amides is 1. The van der Waals surface area contributed by atoms with Crippen LogP contribution < -0.4 is 5.32 Å². The van der Waals surface area contributed by atoms with Crippen LogP contribution in [0.15, 0.2) is 54.0 Å². The number of benzene rings is 1. The summed E-state index contributed by atoms with van der Waals surface area (Å²) < 4.78 is 12.9. The molecule has 0 fully saturated rings. The molecule has 1 unspecified atom stereocenters. The van der Waals surface area contributed by atoms with E-state index in [0.29, 0.717) is 19.4 Å². The van der Waals surface area contributed by atoms with Crippen LogP contribution in [0.1, 0.15) is 18.2 Å². The van der Waals surface area contributed by atoms with Crippen molar-refractivity contribution in [2.75, 3.05) is 6.54 Å². The monoisotopic (exact) mass is 369 g/mol. The Hall–Kier alpha value is -2.60. The molecule has 0 aliphatic carbocycles. The van der Waals surface area contributed by atoms with Gasteiger partial charge in [-0.2, -0.15) is 0 Å². The highest BCUT2D eigenvalue weighted by atomic mass is 32.1. The fourth-order valence-corrected chi connectivity index (χ4v) is 3.41. The molecule has 0 aliphatic rings. The zero-order valence-corrected chi connectivity index (χ0v) is 15.3. The van der Waals surface area contributed by atoms with Crippen LogP contribution in [-0.2, 0) is 17.6 Å². The molecule has 4 nitrogen and oxygen atoms in total. The predicted molar refractivity (Wildman–Crippen MR) is 101 cm³/mol. The highest BCUT2D eigenvalue weighted by Crippen LogP contribution is 2.21. The molecule has 2 aromatic heterocycles. The number of carbonyl (C=O) groups is 1. The van der Waals surface area contributed by atoms with E-state index in [4.69, 9.17) is 0 Å². The van der Waals surface area contributed by atoms with Gasteiger partial charge in [0, 0.05) is 30.5 Å². The minimum absolute atomic E-state index is 0.00509. The highest BCUT2D eigenvalue weighted by Gasteiger charge is 2.13. The Kier molecular flexibility index (Phi) is 6.07. The molecule has 0 aliphatic heterocycles. The fourth-order valence-electron chi connectivity index (χ4n) is 2.58. The summed E-state index contributed by atoms with van der Waals surface area (Å²) in [6.45, 7) is 2.42. The summed E-state index contributed by atoms with van der Waals surface area (Å²) in [6.07, 6.45) is 3.02. The second-order valence-electron chi connectivity index (χ2n) is 6.13. The number of pyridine rings is 1. The molecule has 3 aromatic rings. The third-order valence-electron chi connectivity index (χ3n) is 4.02. The largest absolute Gasteiger partial charge is 0.355 e. The Morgan fingerprint density at radius 2 is 2.04 bits per heavy atom. The standard InChI is InChI=1S/C20H20FN3OS/c1-14(12-15-5-7-16(21)8-6-15)19(25)23-11-9-17-13-26-20(24-17)18-4-2-3-10-22-18/h2-8,10,13-14H,9,11-12H2,1H3,(H,23,25). The van der Waals surface area contributed by atoms with Gasteiger partial charge in [-0.3, -0.25) is 9.78 Å². The lowest BCUT2D eigenvalue weighted by molar-refractivity contribution is -0.124. The summed E-state index contributed by atoms with van der Waals surface area (Å²) >= 11 is 1.55. The lowest BCUT2D eigenvalue weighted by atomic mass is 10.0. The van der Waals surface area contributed by atoms with E-state index in [2.05, 4.69) is 15.3 Å². The van der Waals surface area contributed by atoms with Crippen LogP contribution in [0.5, 0.6) is 0 Å². The van der Waals surface area contributed by atoms with Crippen molar-refractivity contribution in [3.8, 4) is 10.7 Å². The Morgan fingerprint density at radius 1 is 1.23 bits per heavy atom. The SMILES string of the molecule is CC(Cc1ccc(F)cc1)C(=O)NCCc1csc(-c2ccccn2)n1. The van der Waals surface area contributed by atoms with Gasteiger partial charge in [-0.1, -0.05) is 25.1 Å². The van der Waals surface area contributed by atoms with Crippen molar-refractivity contribution < 1.29 is 9.18 Å². The zero-order valence-electron chi connectivity index (χ0n) is 14.5. The van der Waals surface area contributed by atoms with Crippen molar-refractivity contribution in [1.82, 2.24) is 15.3 Å². The summed E-state index contributed by atoms with van der Waals surface area (Å²) in [7, 11) is 0. The minimum Gasteiger partial charge on any atom is -0.355 e. The van der Waals surface area contributed by atoms with Crippen LogP contribution in [0, 0.1) is 11.7 Å². The number of rotatable bonds is 7. The molecular formula is C20H20FN3OS. The first-order valence-electron chi connectivity index (χ1n) is 8.50. The van der Waals surface area contributed by atoms with Gasteiger partial charge in [0.1, 0.15) is 10.8 Å². The van der Waals surface area contributed by atoms with Crippen LogP contribution in [0.3, 0.4) is 0 Å². The number of nitrogens with one attached hydrogen (secondary N) is 1. The van der Waals surface area contributed by atoms with Crippen LogP contribution in [0.2, 0.25) is 0 Å². The second-order valence-corrected chi connectivity index (χ2v) is 6.99. The molecule has 1 atom stereocenters. The van der Waals surface area contributed by atoms with E-state index in [9.17, 15) is 9.18 Å². The van der Waals surface area contributed by atoms with Crippen LogP contribution in [0.25, 0.3) is 10.7 Å². The third-order valence-corrected chi connectivity index (χ3v) is 4.93. The Morgan fingerprint density at radius 3 is 2.77 bits per heavy atom. The van der Waals surface area contributed by atoms with Gasteiger partial charge in [0.2, 0.25) is 5.91 Å². The molecule has 3 rings (SSSR count). The predicted octanol–water partition coefficient (Wildman–Crippen LogP) is 3.88. The van der Waals surface area contributed by atoms with Crippen molar-refractivity contribution >= 4 is 17.2 Å². The van der Waals surface area contributed by atoms with Gasteiger partial charge in [0.15, 0.2) is 0 Å². The maximum Gasteiger partial charge on any atom is 0.223 e. The van der Waals surface area contributed by atoms with Crippen molar-refractivity contribution in [1.29, 1.82) is 0 Å². The summed E-state index contributed by atoms with van der Waals surface area (Å²) in [4.78, 5) is 21.1. The molecule has 1 aromatic carbocycles. The first-order valence-corrected chi connectivity index (χ1v) is 9.38. The molecule has 1 amide bonds. The highest BCUT2D eigenvalue weighted by molar-refractivity contribution is 7.13. The molecule has 134 valence electrons. The first-order chi connectivity index (χ1) is 12.6. The Labute approximate surface area is 156 Å². The van der Waals surface area contributed by atoms with Crippen molar-refractivity contribution in [3.05, 3.63) is 71.1 Å². The lowest BCUT2D eigenvalue weighted by Crippen LogP contribution is -2.31. The van der Waals surface area contributed by atoms with Gasteiger partial charge in [-0.05, 0) is 36.2 Å². The number of nitrogens with zero attached hydrogens (tertiary/aromatic N) is 2. The Bertz CT molecular complexity index is 849. The smallest absolute Gasteiger partial charge is 0.223 e. The van der Waals surface area contributed by atoms with Crippen molar-refractivity contribution in [2.24, 2.45) is 5.92 Å². The molecular weight excluding hydrogens is 349 g/mol. The van der Waals surface area contributed by atoms with E-state index in [1.807, 2.05) is 30.5 Å². The number of hydrogen-bond acceptors (Lipinski definition) is 4. The van der Waals surface area contributed by atoms with Gasteiger partial charge < -0.3 is 5.32 Å². The summed E-state index contributed by atoms with van der Waals surface area (Å²) in [6, 6.07) is 12.0. The normalized spacial score (nSPS) is 11.9. The number of aromatic nitrogens is 2. The molecule has 0 saturated carbocycles. The van der Waals surface area contributed by atoms with Crippen LogP contribution in [0.4, 0.5) is 4.39 Å². The van der Waals surface area contributed by atoms with E-state index in [1.165, 1.54) is 12.1 Å². The maximum absolute atomic E-state index is 12.9. The van der Waals surface area contributed by atoms with Crippen molar-refractivity contribution in [3.63, 3.8) is 0 Å². The quantitative estimate of drug-likeness (QED) is 0.688. The van der Waals surface area contributed by atoms with Crippen LogP contribution in [-0.4, -0.2) is 22.4 Å². The molecule has 0 radical (unpaired) electrons. The molecule has 0 spiro atoms. The summed E-state index contributed by atoms with van der Waals surface area (Å²) in [5.74, 6) is -0.436. The van der Waals surface area contributed by atoms with Gasteiger partial charge >= 0.3 is 0 Å². The number of halogens is 1. The average Bonchev–Trinajstić information content (AvgIpc) is 3.13. The summed E-state index contributed by atoms with van der Waals surface area (Å²) in [5.41, 5.74) is 2.76. The molecule has 0 saturated heterocycles. The first kappa shape index (κ1) is 18.2. The van der Waals surface area contributed by atoms with E-state index in [0.717, 1.165) is 22.0 Å². The van der Waals surface area contributed by atoms with E-state index in [1.54, 1.807) is 29.7 Å². The lowest BCUT2D eigenvalue weighted by Gasteiger charge is -2.12. The van der Waals surface area contributed by atoms with Gasteiger partial charge in [0.25, 0.3) is 0 Å². The maximum atomic E-state index is 12.9. The zero-order chi connectivity index (χ0) is 18.4. The van der Waals surface area contributed by atoms with Gasteiger partial charge in [-0.15, -0.1) is 11.3 Å². The second kappa shape index (κ2) is 8.67. The van der Waals surface area contributed by atoms with E-state index < -0.39 is 0 Å². The molecule has 2 heterocycles. The summed E-state index contributed by atoms with van der Waals surface area (Å²) in [5, 5.41) is 5.83. The van der Waals surface area contributed by atoms with Gasteiger partial charge in [0.05, 0.1) is 11.4 Å². The van der Waals surface area contributed by atoms with Crippen LogP contribution >= 0.6 is 11.3 Å². The minimum atomic E-state index is -0.265. The molecule has 6 heteroatoms. The van der Waals surface area contributed by atoms with E-state index in [-0.39, 0.29) is 17.6 Å². The van der Waals surface area contributed by atoms with E-state index >= 15 is 0 Å². The van der Waals surface area contributed by atoms with Gasteiger partial charge in [-0.25, -0.2) is 9.37 Å². The van der Waals surface area contributed by atoms with Crippen molar-refractivity contribution in [2.45, 2.75) is 19.8 Å². The fraction of sp³-hybridized carbons (Fsp3) is 0.250. The topological polar surface area (TPSA) is 54.9 Å². The molecule has 1 N–H and O–H groups in total.